The highest BCUT2D eigenvalue weighted by molar-refractivity contribution is 6.01. The molecule has 0 aliphatic carbocycles. The van der Waals surface area contributed by atoms with Gasteiger partial charge >= 0.3 is 0 Å². The van der Waals surface area contributed by atoms with E-state index in [-0.39, 0.29) is 11.4 Å². The summed E-state index contributed by atoms with van der Waals surface area (Å²) in [4.78, 5) is 0. The van der Waals surface area contributed by atoms with Crippen LogP contribution < -0.4 is 4.74 Å². The van der Waals surface area contributed by atoms with Crippen LogP contribution in [0.25, 0.3) is 21.5 Å². The summed E-state index contributed by atoms with van der Waals surface area (Å²) in [6, 6.07) is 21.9. The van der Waals surface area contributed by atoms with Crippen LogP contribution in [0.5, 0.6) is 11.5 Å². The predicted octanol–water partition coefficient (Wildman–Crippen LogP) is 7.22. The molecule has 0 bridgehead atoms. The van der Waals surface area contributed by atoms with E-state index >= 15 is 0 Å². The quantitative estimate of drug-likeness (QED) is 0.372. The lowest BCUT2D eigenvalue weighted by Gasteiger charge is -2.34. The molecule has 144 valence electrons. The van der Waals surface area contributed by atoms with Gasteiger partial charge in [-0.25, -0.2) is 0 Å². The van der Waals surface area contributed by atoms with Gasteiger partial charge in [0.05, 0.1) is 5.69 Å². The first-order chi connectivity index (χ1) is 14.0. The smallest absolute Gasteiger partial charge is 0.155 e. The van der Waals surface area contributed by atoms with Crippen molar-refractivity contribution in [1.29, 1.82) is 0 Å². The third-order valence-electron chi connectivity index (χ3n) is 5.59. The molecule has 29 heavy (non-hydrogen) atoms. The second kappa shape index (κ2) is 6.59. The van der Waals surface area contributed by atoms with Gasteiger partial charge in [-0.05, 0) is 38.1 Å². The van der Waals surface area contributed by atoms with Crippen LogP contribution in [0, 0.1) is 0 Å². The number of hydrogen-bond donors (Lipinski definition) is 1. The third-order valence-corrected chi connectivity index (χ3v) is 5.59. The van der Waals surface area contributed by atoms with Crippen LogP contribution in [0.3, 0.4) is 0 Å². The van der Waals surface area contributed by atoms with Crippen molar-refractivity contribution < 1.29 is 9.84 Å². The first-order valence-corrected chi connectivity index (χ1v) is 9.88. The maximum atomic E-state index is 10.9. The summed E-state index contributed by atoms with van der Waals surface area (Å²) in [7, 11) is 0. The standard InChI is InChI=1S/C25H22N2O2/c1-25(2)15-14-20-23(28)19-12-6-5-11-18(19)22(24(20)29-25)27-26-21-13-7-9-16-8-3-4-10-17(16)21/h3-13,28H,14-15H2,1-2H3. The van der Waals surface area contributed by atoms with E-state index in [0.717, 1.165) is 45.6 Å². The Balaban J connectivity index is 1.74. The first kappa shape index (κ1) is 17.7. The molecule has 4 nitrogen and oxygen atoms in total. The molecule has 4 aromatic rings. The van der Waals surface area contributed by atoms with Crippen molar-refractivity contribution in [3.05, 3.63) is 72.3 Å². The number of phenolic OH excluding ortho intramolecular Hbond substituents is 1. The van der Waals surface area contributed by atoms with Crippen LogP contribution in [0.1, 0.15) is 25.8 Å². The van der Waals surface area contributed by atoms with E-state index in [4.69, 9.17) is 4.74 Å². The van der Waals surface area contributed by atoms with Gasteiger partial charge in [0, 0.05) is 21.7 Å². The van der Waals surface area contributed by atoms with Gasteiger partial charge in [-0.3, -0.25) is 0 Å². The molecule has 0 spiro atoms. The molecule has 0 saturated heterocycles. The number of phenols is 1. The van der Waals surface area contributed by atoms with Crippen LogP contribution in [0.2, 0.25) is 0 Å². The Bertz CT molecular complexity index is 1270. The van der Waals surface area contributed by atoms with Gasteiger partial charge < -0.3 is 9.84 Å². The zero-order valence-electron chi connectivity index (χ0n) is 16.5. The normalized spacial score (nSPS) is 15.5. The Kier molecular flexibility index (Phi) is 4.02. The molecule has 1 N–H and O–H groups in total. The third kappa shape index (κ3) is 3.01. The van der Waals surface area contributed by atoms with Crippen molar-refractivity contribution in [3.8, 4) is 11.5 Å². The zero-order valence-corrected chi connectivity index (χ0v) is 16.5. The molecule has 0 fully saturated rings. The molecule has 0 unspecified atom stereocenters. The largest absolute Gasteiger partial charge is 0.507 e. The SMILES string of the molecule is CC1(C)CCc2c(c(N=Nc3cccc4ccccc34)c3ccccc3c2O)O1. The molecular formula is C25H22N2O2. The Labute approximate surface area is 169 Å². The topological polar surface area (TPSA) is 54.2 Å². The molecule has 4 aromatic carbocycles. The summed E-state index contributed by atoms with van der Waals surface area (Å²) < 4.78 is 6.30. The summed E-state index contributed by atoms with van der Waals surface area (Å²) in [6.45, 7) is 4.13. The lowest BCUT2D eigenvalue weighted by molar-refractivity contribution is 0.0847. The van der Waals surface area contributed by atoms with Gasteiger partial charge in [-0.1, -0.05) is 60.7 Å². The second-order valence-corrected chi connectivity index (χ2v) is 8.11. The Morgan fingerprint density at radius 3 is 2.34 bits per heavy atom. The fraction of sp³-hybridized carbons (Fsp3) is 0.200. The minimum Gasteiger partial charge on any atom is -0.507 e. The molecule has 1 aliphatic rings. The molecule has 0 radical (unpaired) electrons. The highest BCUT2D eigenvalue weighted by atomic mass is 16.5. The molecule has 1 heterocycles. The summed E-state index contributed by atoms with van der Waals surface area (Å²) >= 11 is 0. The predicted molar refractivity (Wildman–Crippen MR) is 117 cm³/mol. The fourth-order valence-corrected chi connectivity index (χ4v) is 4.03. The van der Waals surface area contributed by atoms with E-state index in [1.807, 2.05) is 54.6 Å². The zero-order chi connectivity index (χ0) is 20.0. The second-order valence-electron chi connectivity index (χ2n) is 8.11. The van der Waals surface area contributed by atoms with Crippen molar-refractivity contribution in [2.45, 2.75) is 32.3 Å². The van der Waals surface area contributed by atoms with E-state index in [1.165, 1.54) is 0 Å². The van der Waals surface area contributed by atoms with Gasteiger partial charge in [0.2, 0.25) is 0 Å². The van der Waals surface area contributed by atoms with E-state index in [9.17, 15) is 5.11 Å². The maximum absolute atomic E-state index is 10.9. The summed E-state index contributed by atoms with van der Waals surface area (Å²) in [5.74, 6) is 0.927. The van der Waals surface area contributed by atoms with E-state index < -0.39 is 0 Å². The molecule has 0 amide bonds. The minimum atomic E-state index is -0.314. The van der Waals surface area contributed by atoms with Gasteiger partial charge in [0.15, 0.2) is 5.75 Å². The van der Waals surface area contributed by atoms with Crippen molar-refractivity contribution >= 4 is 32.9 Å². The molecular weight excluding hydrogens is 360 g/mol. The summed E-state index contributed by atoms with van der Waals surface area (Å²) in [5, 5.41) is 23.9. The average molecular weight is 382 g/mol. The molecule has 5 rings (SSSR count). The van der Waals surface area contributed by atoms with E-state index in [2.05, 4.69) is 36.2 Å². The van der Waals surface area contributed by atoms with Crippen LogP contribution in [0.4, 0.5) is 11.4 Å². The number of azo groups is 1. The Morgan fingerprint density at radius 1 is 0.828 bits per heavy atom. The number of hydrogen-bond acceptors (Lipinski definition) is 4. The average Bonchev–Trinajstić information content (AvgIpc) is 2.73. The van der Waals surface area contributed by atoms with Crippen molar-refractivity contribution in [3.63, 3.8) is 0 Å². The minimum absolute atomic E-state index is 0.287. The van der Waals surface area contributed by atoms with Crippen LogP contribution >= 0.6 is 0 Å². The molecule has 0 aromatic heterocycles. The van der Waals surface area contributed by atoms with Gasteiger partial charge in [0.25, 0.3) is 0 Å². The molecule has 0 atom stereocenters. The number of ether oxygens (including phenoxy) is 1. The van der Waals surface area contributed by atoms with Gasteiger partial charge in [-0.15, -0.1) is 10.2 Å². The van der Waals surface area contributed by atoms with Gasteiger partial charge in [-0.2, -0.15) is 0 Å². The van der Waals surface area contributed by atoms with Crippen molar-refractivity contribution in [2.75, 3.05) is 0 Å². The Morgan fingerprint density at radius 2 is 1.52 bits per heavy atom. The number of benzene rings is 4. The number of fused-ring (bicyclic) bond motifs is 3. The summed E-state index contributed by atoms with van der Waals surface area (Å²) in [6.07, 6.45) is 1.58. The molecule has 4 heteroatoms. The molecule has 1 aliphatic heterocycles. The van der Waals surface area contributed by atoms with Crippen LogP contribution in [0.15, 0.2) is 77.0 Å². The lowest BCUT2D eigenvalue weighted by Crippen LogP contribution is -2.32. The summed E-state index contributed by atoms with van der Waals surface area (Å²) in [5.41, 5.74) is 1.99. The highest BCUT2D eigenvalue weighted by Gasteiger charge is 2.32. The first-order valence-electron chi connectivity index (χ1n) is 9.88. The van der Waals surface area contributed by atoms with Crippen LogP contribution in [-0.4, -0.2) is 10.7 Å². The van der Waals surface area contributed by atoms with E-state index in [1.54, 1.807) is 0 Å². The highest BCUT2D eigenvalue weighted by Crippen LogP contribution is 2.50. The lowest BCUT2D eigenvalue weighted by atomic mass is 9.91. The van der Waals surface area contributed by atoms with Crippen molar-refractivity contribution in [1.82, 2.24) is 0 Å². The fourth-order valence-electron chi connectivity index (χ4n) is 4.03. The van der Waals surface area contributed by atoms with E-state index in [0.29, 0.717) is 11.4 Å². The van der Waals surface area contributed by atoms with Gasteiger partial charge in [0.1, 0.15) is 17.0 Å². The Hall–Kier alpha value is -3.40. The van der Waals surface area contributed by atoms with Crippen molar-refractivity contribution in [2.24, 2.45) is 10.2 Å². The van der Waals surface area contributed by atoms with Crippen LogP contribution in [-0.2, 0) is 6.42 Å². The maximum Gasteiger partial charge on any atom is 0.155 e. The molecule has 0 saturated carbocycles. The number of rotatable bonds is 2. The monoisotopic (exact) mass is 382 g/mol. The number of aromatic hydroxyl groups is 1. The number of nitrogens with zero attached hydrogens (tertiary/aromatic N) is 2.